The van der Waals surface area contributed by atoms with Gasteiger partial charge in [0, 0.05) is 12.6 Å². The van der Waals surface area contributed by atoms with Gasteiger partial charge in [0.25, 0.3) is 0 Å². The summed E-state index contributed by atoms with van der Waals surface area (Å²) in [4.78, 5) is 0. The third-order valence-electron chi connectivity index (χ3n) is 4.06. The van der Waals surface area contributed by atoms with Crippen LogP contribution in [0.15, 0.2) is 18.2 Å². The van der Waals surface area contributed by atoms with Crippen LogP contribution in [0.4, 0.5) is 0 Å². The second-order valence-electron chi connectivity index (χ2n) is 5.95. The van der Waals surface area contributed by atoms with Crippen LogP contribution in [0.1, 0.15) is 49.3 Å². The number of benzene rings is 1. The maximum atomic E-state index is 10.7. The van der Waals surface area contributed by atoms with Gasteiger partial charge in [-0.05, 0) is 44.7 Å². The van der Waals surface area contributed by atoms with Crippen molar-refractivity contribution in [2.45, 2.75) is 58.1 Å². The third kappa shape index (κ3) is 3.12. The molecule has 1 aliphatic rings. The summed E-state index contributed by atoms with van der Waals surface area (Å²) in [6, 6.07) is 6.89. The summed E-state index contributed by atoms with van der Waals surface area (Å²) in [6.07, 6.45) is 5.15. The van der Waals surface area contributed by atoms with Crippen LogP contribution >= 0.6 is 0 Å². The van der Waals surface area contributed by atoms with Crippen molar-refractivity contribution in [3.8, 4) is 0 Å². The Bertz CT molecular complexity index is 406. The largest absolute Gasteiger partial charge is 0.384 e. The first-order valence-electron chi connectivity index (χ1n) is 7.02. The fraction of sp³-hybridized carbons (Fsp3) is 0.625. The third-order valence-corrected chi connectivity index (χ3v) is 4.06. The molecule has 1 unspecified atom stereocenters. The van der Waals surface area contributed by atoms with Crippen LogP contribution in [0.25, 0.3) is 0 Å². The summed E-state index contributed by atoms with van der Waals surface area (Å²) >= 11 is 0. The van der Waals surface area contributed by atoms with Crippen molar-refractivity contribution in [1.29, 1.82) is 0 Å². The first-order valence-corrected chi connectivity index (χ1v) is 7.02. The molecule has 1 aromatic carbocycles. The Morgan fingerprint density at radius 3 is 2.61 bits per heavy atom. The maximum Gasteiger partial charge on any atom is 0.0995 e. The Morgan fingerprint density at radius 1 is 1.28 bits per heavy atom. The van der Waals surface area contributed by atoms with E-state index in [2.05, 4.69) is 37.4 Å². The summed E-state index contributed by atoms with van der Waals surface area (Å²) < 4.78 is 0. The second-order valence-corrected chi connectivity index (χ2v) is 5.95. The van der Waals surface area contributed by atoms with Crippen molar-refractivity contribution < 1.29 is 5.11 Å². The quantitative estimate of drug-likeness (QED) is 0.857. The summed E-state index contributed by atoms with van der Waals surface area (Å²) in [7, 11) is 0. The van der Waals surface area contributed by atoms with Crippen LogP contribution in [0.2, 0.25) is 0 Å². The van der Waals surface area contributed by atoms with Gasteiger partial charge in [0.1, 0.15) is 0 Å². The predicted octanol–water partition coefficient (Wildman–Crippen LogP) is 3.04. The molecule has 0 saturated heterocycles. The zero-order valence-corrected chi connectivity index (χ0v) is 11.8. The Balaban J connectivity index is 2.06. The first kappa shape index (κ1) is 13.6. The van der Waals surface area contributed by atoms with Crippen LogP contribution in [0.5, 0.6) is 0 Å². The maximum absolute atomic E-state index is 10.7. The molecule has 0 aliphatic heterocycles. The molecule has 0 heterocycles. The molecular weight excluding hydrogens is 222 g/mol. The van der Waals surface area contributed by atoms with E-state index in [1.807, 2.05) is 6.92 Å². The molecule has 1 fully saturated rings. The monoisotopic (exact) mass is 247 g/mol. The van der Waals surface area contributed by atoms with E-state index in [9.17, 15) is 5.11 Å². The van der Waals surface area contributed by atoms with Crippen LogP contribution < -0.4 is 5.32 Å². The van der Waals surface area contributed by atoms with Gasteiger partial charge in [-0.2, -0.15) is 0 Å². The van der Waals surface area contributed by atoms with Crippen molar-refractivity contribution in [1.82, 2.24) is 5.32 Å². The molecule has 2 heteroatoms. The highest BCUT2D eigenvalue weighted by Gasteiger charge is 2.26. The standard InChI is InChI=1S/C16H25NO/c1-12-8-9-13(2)15(10-12)16(3,18)11-17-14-6-4-5-7-14/h8-10,14,17-18H,4-7,11H2,1-3H3. The Hall–Kier alpha value is -0.860. The zero-order valence-electron chi connectivity index (χ0n) is 11.8. The molecule has 18 heavy (non-hydrogen) atoms. The van der Waals surface area contributed by atoms with E-state index in [0.29, 0.717) is 12.6 Å². The van der Waals surface area contributed by atoms with E-state index >= 15 is 0 Å². The fourth-order valence-electron chi connectivity index (χ4n) is 2.88. The van der Waals surface area contributed by atoms with Crippen molar-refractivity contribution in [3.63, 3.8) is 0 Å². The smallest absolute Gasteiger partial charge is 0.0995 e. The molecule has 0 bridgehead atoms. The minimum Gasteiger partial charge on any atom is -0.384 e. The average molecular weight is 247 g/mol. The summed E-state index contributed by atoms with van der Waals surface area (Å²) in [5.74, 6) is 0. The number of hydrogen-bond donors (Lipinski definition) is 2. The van der Waals surface area contributed by atoms with Gasteiger partial charge in [-0.25, -0.2) is 0 Å². The molecule has 0 spiro atoms. The van der Waals surface area contributed by atoms with Crippen molar-refractivity contribution in [2.24, 2.45) is 0 Å². The molecule has 2 N–H and O–H groups in total. The molecule has 100 valence electrons. The van der Waals surface area contributed by atoms with Gasteiger partial charge in [-0.3, -0.25) is 0 Å². The highest BCUT2D eigenvalue weighted by molar-refractivity contribution is 5.34. The van der Waals surface area contributed by atoms with Crippen molar-refractivity contribution >= 4 is 0 Å². The number of nitrogens with one attached hydrogen (secondary N) is 1. The molecule has 0 radical (unpaired) electrons. The van der Waals surface area contributed by atoms with E-state index in [-0.39, 0.29) is 0 Å². The summed E-state index contributed by atoms with van der Waals surface area (Å²) in [5.41, 5.74) is 2.64. The SMILES string of the molecule is Cc1ccc(C)c(C(C)(O)CNC2CCCC2)c1. The van der Waals surface area contributed by atoms with Crippen LogP contribution in [-0.2, 0) is 5.60 Å². The molecular formula is C16H25NO. The Kier molecular flexibility index (Phi) is 4.08. The normalized spacial score (nSPS) is 20.0. The number of hydrogen-bond acceptors (Lipinski definition) is 2. The van der Waals surface area contributed by atoms with Gasteiger partial charge >= 0.3 is 0 Å². The van der Waals surface area contributed by atoms with Gasteiger partial charge in [0.15, 0.2) is 0 Å². The summed E-state index contributed by atoms with van der Waals surface area (Å²) in [6.45, 7) is 6.70. The van der Waals surface area contributed by atoms with Gasteiger partial charge in [-0.15, -0.1) is 0 Å². The van der Waals surface area contributed by atoms with E-state index in [1.54, 1.807) is 0 Å². The number of rotatable bonds is 4. The predicted molar refractivity (Wildman–Crippen MR) is 75.7 cm³/mol. The minimum atomic E-state index is -0.779. The molecule has 0 amide bonds. The lowest BCUT2D eigenvalue weighted by atomic mass is 9.90. The minimum absolute atomic E-state index is 0.599. The molecule has 0 aromatic heterocycles. The van der Waals surface area contributed by atoms with E-state index < -0.39 is 5.60 Å². The lowest BCUT2D eigenvalue weighted by Gasteiger charge is -2.28. The van der Waals surface area contributed by atoms with Gasteiger partial charge < -0.3 is 10.4 Å². The number of aryl methyl sites for hydroxylation is 2. The van der Waals surface area contributed by atoms with Crippen molar-refractivity contribution in [2.75, 3.05) is 6.54 Å². The van der Waals surface area contributed by atoms with E-state index in [0.717, 1.165) is 5.56 Å². The average Bonchev–Trinajstić information content (AvgIpc) is 2.83. The number of aliphatic hydroxyl groups is 1. The molecule has 1 aromatic rings. The van der Waals surface area contributed by atoms with E-state index in [4.69, 9.17) is 0 Å². The fourth-order valence-corrected chi connectivity index (χ4v) is 2.88. The molecule has 2 nitrogen and oxygen atoms in total. The lowest BCUT2D eigenvalue weighted by molar-refractivity contribution is 0.0533. The molecule has 1 aliphatic carbocycles. The highest BCUT2D eigenvalue weighted by Crippen LogP contribution is 2.26. The highest BCUT2D eigenvalue weighted by atomic mass is 16.3. The van der Waals surface area contributed by atoms with Gasteiger partial charge in [-0.1, -0.05) is 36.6 Å². The molecule has 2 rings (SSSR count). The van der Waals surface area contributed by atoms with Gasteiger partial charge in [0.05, 0.1) is 5.60 Å². The lowest BCUT2D eigenvalue weighted by Crippen LogP contribution is -2.40. The van der Waals surface area contributed by atoms with Crippen LogP contribution in [-0.4, -0.2) is 17.7 Å². The second kappa shape index (κ2) is 5.41. The van der Waals surface area contributed by atoms with Crippen LogP contribution in [0.3, 0.4) is 0 Å². The van der Waals surface area contributed by atoms with E-state index in [1.165, 1.54) is 36.8 Å². The van der Waals surface area contributed by atoms with Crippen LogP contribution in [0, 0.1) is 13.8 Å². The first-order chi connectivity index (χ1) is 8.49. The van der Waals surface area contributed by atoms with Gasteiger partial charge in [0.2, 0.25) is 0 Å². The topological polar surface area (TPSA) is 32.3 Å². The zero-order chi connectivity index (χ0) is 13.2. The Morgan fingerprint density at radius 2 is 1.94 bits per heavy atom. The molecule has 1 atom stereocenters. The summed E-state index contributed by atoms with van der Waals surface area (Å²) in [5, 5.41) is 14.2. The Labute approximate surface area is 110 Å². The molecule has 1 saturated carbocycles. The van der Waals surface area contributed by atoms with Crippen molar-refractivity contribution in [3.05, 3.63) is 34.9 Å².